The Balaban J connectivity index is 1.53. The maximum atomic E-state index is 13.5. The van der Waals surface area contributed by atoms with Gasteiger partial charge >= 0.3 is 12.1 Å². The van der Waals surface area contributed by atoms with Crippen LogP contribution in [-0.2, 0) is 11.0 Å². The molecule has 46 heavy (non-hydrogen) atoms. The number of amides is 1. The van der Waals surface area contributed by atoms with Crippen LogP contribution < -0.4 is 14.2 Å². The van der Waals surface area contributed by atoms with E-state index >= 15 is 0 Å². The number of thiocarbonyl (C=S) groups is 1. The highest BCUT2D eigenvalue weighted by Crippen LogP contribution is 2.39. The molecule has 14 heteroatoms. The van der Waals surface area contributed by atoms with Gasteiger partial charge < -0.3 is 24.2 Å². The van der Waals surface area contributed by atoms with Crippen molar-refractivity contribution in [3.63, 3.8) is 0 Å². The summed E-state index contributed by atoms with van der Waals surface area (Å²) in [6, 6.07) is 12.3. The molecule has 1 aliphatic rings. The monoisotopic (exact) mass is 694 g/mol. The molecule has 244 valence electrons. The van der Waals surface area contributed by atoms with Gasteiger partial charge in [0.1, 0.15) is 16.7 Å². The molecule has 0 bridgehead atoms. The van der Waals surface area contributed by atoms with E-state index in [2.05, 4.69) is 0 Å². The summed E-state index contributed by atoms with van der Waals surface area (Å²) in [4.78, 5) is 28.3. The van der Waals surface area contributed by atoms with E-state index in [0.717, 1.165) is 23.9 Å². The van der Waals surface area contributed by atoms with E-state index in [1.807, 2.05) is 19.0 Å². The van der Waals surface area contributed by atoms with E-state index < -0.39 is 17.7 Å². The first kappa shape index (κ1) is 35.1. The summed E-state index contributed by atoms with van der Waals surface area (Å²) >= 11 is 12.9. The fraction of sp³-hybridized carbons (Fsp3) is 0.281. The molecule has 3 aromatic rings. The lowest BCUT2D eigenvalue weighted by molar-refractivity contribution is -0.137. The SMILES string of the molecule is COc1cc(C(=O)O)ccc1OCCCN1C(=O)C(=Cc2cc(-c3cc(C(F)(F)F)ccc3Cl)ccc2OCCN(C)C)SC1=S. The number of thioether (sulfide) groups is 1. The molecule has 1 amide bonds. The molecule has 0 spiro atoms. The summed E-state index contributed by atoms with van der Waals surface area (Å²) < 4.78 is 57.7. The van der Waals surface area contributed by atoms with E-state index in [4.69, 9.17) is 38.0 Å². The molecule has 0 radical (unpaired) electrons. The Morgan fingerprint density at radius 1 is 1.04 bits per heavy atom. The molecule has 1 N–H and O–H groups in total. The van der Waals surface area contributed by atoms with Gasteiger partial charge in [0.05, 0.1) is 29.7 Å². The lowest BCUT2D eigenvalue weighted by Gasteiger charge is -2.16. The number of nitrogens with zero attached hydrogens (tertiary/aromatic N) is 2. The van der Waals surface area contributed by atoms with Crippen LogP contribution in [-0.4, -0.2) is 78.6 Å². The first-order valence-corrected chi connectivity index (χ1v) is 15.5. The lowest BCUT2D eigenvalue weighted by atomic mass is 9.99. The molecule has 0 atom stereocenters. The number of benzene rings is 3. The molecule has 1 aliphatic heterocycles. The van der Waals surface area contributed by atoms with E-state index in [0.29, 0.717) is 51.4 Å². The van der Waals surface area contributed by atoms with Crippen molar-refractivity contribution in [1.82, 2.24) is 9.80 Å². The van der Waals surface area contributed by atoms with Crippen LogP contribution in [0.4, 0.5) is 13.2 Å². The van der Waals surface area contributed by atoms with Crippen molar-refractivity contribution in [2.45, 2.75) is 12.6 Å². The van der Waals surface area contributed by atoms with Gasteiger partial charge in [-0.25, -0.2) is 4.79 Å². The zero-order valence-electron chi connectivity index (χ0n) is 25.0. The minimum absolute atomic E-state index is 0.0586. The van der Waals surface area contributed by atoms with Crippen LogP contribution in [0.2, 0.25) is 5.02 Å². The van der Waals surface area contributed by atoms with E-state index in [1.165, 1.54) is 36.3 Å². The molecule has 1 fully saturated rings. The quantitative estimate of drug-likeness (QED) is 0.112. The lowest BCUT2D eigenvalue weighted by Crippen LogP contribution is -2.30. The molecule has 4 rings (SSSR count). The maximum absolute atomic E-state index is 13.5. The van der Waals surface area contributed by atoms with Gasteiger partial charge in [0.2, 0.25) is 0 Å². The van der Waals surface area contributed by atoms with Crippen LogP contribution in [0.1, 0.15) is 27.9 Å². The smallest absolute Gasteiger partial charge is 0.416 e. The second-order valence-electron chi connectivity index (χ2n) is 10.3. The van der Waals surface area contributed by atoms with Crippen molar-refractivity contribution in [1.29, 1.82) is 0 Å². The van der Waals surface area contributed by atoms with Crippen molar-refractivity contribution < 1.29 is 42.1 Å². The van der Waals surface area contributed by atoms with E-state index in [9.17, 15) is 27.9 Å². The van der Waals surface area contributed by atoms with Crippen molar-refractivity contribution >= 4 is 57.9 Å². The normalized spacial score (nSPS) is 14.3. The molecular weight excluding hydrogens is 665 g/mol. The number of alkyl halides is 3. The zero-order valence-corrected chi connectivity index (χ0v) is 27.4. The first-order valence-electron chi connectivity index (χ1n) is 13.9. The van der Waals surface area contributed by atoms with Crippen LogP contribution in [0, 0.1) is 0 Å². The number of carbonyl (C=O) groups is 2. The van der Waals surface area contributed by atoms with Crippen LogP contribution in [0.25, 0.3) is 17.2 Å². The highest BCUT2D eigenvalue weighted by atomic mass is 35.5. The first-order chi connectivity index (χ1) is 21.8. The number of halogens is 4. The third-order valence-corrected chi connectivity index (χ3v) is 8.47. The number of carboxylic acid groups (broad SMARTS) is 1. The topological polar surface area (TPSA) is 88.5 Å². The highest BCUT2D eigenvalue weighted by molar-refractivity contribution is 8.26. The van der Waals surface area contributed by atoms with Gasteiger partial charge in [0.15, 0.2) is 11.5 Å². The number of methoxy groups -OCH3 is 1. The number of carbonyl (C=O) groups excluding carboxylic acids is 1. The average molecular weight is 695 g/mol. The number of carboxylic acids is 1. The number of hydrogen-bond acceptors (Lipinski definition) is 8. The summed E-state index contributed by atoms with van der Waals surface area (Å²) in [6.07, 6.45) is -2.53. The summed E-state index contributed by atoms with van der Waals surface area (Å²) in [5.74, 6) is -0.355. The van der Waals surface area contributed by atoms with Crippen molar-refractivity contribution in [3.05, 3.63) is 81.2 Å². The van der Waals surface area contributed by atoms with Gasteiger partial charge in [-0.3, -0.25) is 9.69 Å². The molecule has 1 saturated heterocycles. The highest BCUT2D eigenvalue weighted by Gasteiger charge is 2.33. The van der Waals surface area contributed by atoms with Crippen LogP contribution >= 0.6 is 35.6 Å². The number of aromatic carboxylic acids is 1. The third kappa shape index (κ3) is 8.72. The largest absolute Gasteiger partial charge is 0.493 e. The third-order valence-electron chi connectivity index (χ3n) is 6.76. The Morgan fingerprint density at radius 2 is 1.76 bits per heavy atom. The summed E-state index contributed by atoms with van der Waals surface area (Å²) in [6.45, 7) is 1.40. The minimum Gasteiger partial charge on any atom is -0.493 e. The molecule has 0 aromatic heterocycles. The van der Waals surface area contributed by atoms with Crippen LogP contribution in [0.5, 0.6) is 17.2 Å². The van der Waals surface area contributed by atoms with Gasteiger partial charge in [-0.15, -0.1) is 0 Å². The van der Waals surface area contributed by atoms with Gasteiger partial charge in [0, 0.05) is 29.2 Å². The Kier molecular flexibility index (Phi) is 11.6. The predicted octanol–water partition coefficient (Wildman–Crippen LogP) is 7.34. The molecule has 0 aliphatic carbocycles. The second kappa shape index (κ2) is 15.2. The van der Waals surface area contributed by atoms with Crippen molar-refractivity contribution in [2.75, 3.05) is 47.5 Å². The Morgan fingerprint density at radius 3 is 2.43 bits per heavy atom. The Hall–Kier alpha value is -3.78. The minimum atomic E-state index is -4.55. The van der Waals surface area contributed by atoms with Gasteiger partial charge in [-0.1, -0.05) is 41.6 Å². The summed E-state index contributed by atoms with van der Waals surface area (Å²) in [5, 5.41) is 9.32. The molecule has 0 saturated carbocycles. The summed E-state index contributed by atoms with van der Waals surface area (Å²) in [5.41, 5.74) is 0.309. The van der Waals surface area contributed by atoms with Gasteiger partial charge in [-0.05, 0) is 80.7 Å². The Labute approximate surface area is 278 Å². The summed E-state index contributed by atoms with van der Waals surface area (Å²) in [7, 11) is 5.19. The maximum Gasteiger partial charge on any atom is 0.416 e. The van der Waals surface area contributed by atoms with Crippen LogP contribution in [0.3, 0.4) is 0 Å². The molecule has 1 heterocycles. The average Bonchev–Trinajstić information content (AvgIpc) is 3.26. The van der Waals surface area contributed by atoms with Gasteiger partial charge in [-0.2, -0.15) is 13.2 Å². The van der Waals surface area contributed by atoms with Gasteiger partial charge in [0.25, 0.3) is 5.91 Å². The molecule has 0 unspecified atom stereocenters. The fourth-order valence-corrected chi connectivity index (χ4v) is 5.91. The zero-order chi connectivity index (χ0) is 33.6. The van der Waals surface area contributed by atoms with Crippen molar-refractivity contribution in [2.24, 2.45) is 0 Å². The number of rotatable bonds is 13. The fourth-order valence-electron chi connectivity index (χ4n) is 4.38. The Bertz CT molecular complexity index is 1670. The molecular formula is C32H30ClF3N2O6S2. The second-order valence-corrected chi connectivity index (χ2v) is 12.4. The number of hydrogen-bond donors (Lipinski definition) is 1. The standard InChI is InChI=1S/C32H30ClF3N2O6S2/c1-37(2)12-14-44-25-9-5-19(23-18-22(32(34,35)36)7-8-24(23)33)15-21(25)17-28-29(39)38(31(45)46-28)11-4-13-43-26-10-6-20(30(40)41)16-27(26)42-3/h5-10,15-18H,4,11-14H2,1-3H3,(H,40,41). The predicted molar refractivity (Wildman–Crippen MR) is 176 cm³/mol. The molecule has 8 nitrogen and oxygen atoms in total. The van der Waals surface area contributed by atoms with Crippen LogP contribution in [0.15, 0.2) is 59.5 Å². The van der Waals surface area contributed by atoms with Crippen molar-refractivity contribution in [3.8, 4) is 28.4 Å². The van der Waals surface area contributed by atoms with E-state index in [1.54, 1.807) is 24.3 Å². The number of ether oxygens (including phenoxy) is 3. The number of likely N-dealkylation sites (N-methyl/N-ethyl adjacent to an activating group) is 1. The molecule has 3 aromatic carbocycles. The van der Waals surface area contributed by atoms with E-state index in [-0.39, 0.29) is 41.0 Å².